The first-order chi connectivity index (χ1) is 32.1. The number of hydrogen-bond donors (Lipinski definition) is 0. The standard InChI is InChI=1S/C57H111NO8/c1-6-8-10-12-13-14-15-16-17-18-19-20-21-22-23-24-25-26-27-28-29-30-31-32-33-34-35-36-37-38-39-40-41-42-44-46-48-55(60)66-53(51-64-54(59)47-45-43-11-9-7-2)52-65-57(56(61)62)63-50-49-58(3,4)5/h53,57H,6-52H2,1-5H3. The molecule has 0 aliphatic rings. The van der Waals surface area contributed by atoms with Gasteiger partial charge in [-0.2, -0.15) is 0 Å². The molecule has 9 heteroatoms. The van der Waals surface area contributed by atoms with E-state index in [0.29, 0.717) is 17.4 Å². The number of ether oxygens (including phenoxy) is 4. The summed E-state index contributed by atoms with van der Waals surface area (Å²) in [6, 6.07) is 0. The summed E-state index contributed by atoms with van der Waals surface area (Å²) in [5.41, 5.74) is 0. The van der Waals surface area contributed by atoms with E-state index in [9.17, 15) is 19.5 Å². The highest BCUT2D eigenvalue weighted by atomic mass is 16.7. The summed E-state index contributed by atoms with van der Waals surface area (Å²) in [5.74, 6) is -2.28. The van der Waals surface area contributed by atoms with Crippen LogP contribution in [-0.2, 0) is 33.3 Å². The summed E-state index contributed by atoms with van der Waals surface area (Å²) in [7, 11) is 5.91. The van der Waals surface area contributed by atoms with Crippen molar-refractivity contribution in [3.05, 3.63) is 0 Å². The molecule has 9 nitrogen and oxygen atoms in total. The van der Waals surface area contributed by atoms with Crippen LogP contribution in [0.15, 0.2) is 0 Å². The molecule has 0 spiro atoms. The molecular weight excluding hydrogens is 827 g/mol. The average molecular weight is 939 g/mol. The van der Waals surface area contributed by atoms with Gasteiger partial charge in [-0.1, -0.05) is 264 Å². The first-order valence-corrected chi connectivity index (χ1v) is 28.7. The number of carbonyl (C=O) groups is 3. The minimum atomic E-state index is -1.61. The predicted molar refractivity (Wildman–Crippen MR) is 274 cm³/mol. The third kappa shape index (κ3) is 50.2. The molecule has 0 aromatic carbocycles. The number of carboxylic acid groups (broad SMARTS) is 1. The average Bonchev–Trinajstić information content (AvgIpc) is 3.28. The molecule has 2 atom stereocenters. The second-order valence-corrected chi connectivity index (χ2v) is 21.0. The van der Waals surface area contributed by atoms with Crippen LogP contribution in [0, 0.1) is 0 Å². The molecule has 0 saturated carbocycles. The number of likely N-dealkylation sites (N-methyl/N-ethyl adjacent to an activating group) is 1. The highest BCUT2D eigenvalue weighted by molar-refractivity contribution is 5.70. The minimum Gasteiger partial charge on any atom is -0.545 e. The summed E-state index contributed by atoms with van der Waals surface area (Å²) in [5, 5.41) is 11.7. The molecule has 2 unspecified atom stereocenters. The molecule has 0 aliphatic heterocycles. The highest BCUT2D eigenvalue weighted by Gasteiger charge is 2.22. The molecule has 0 N–H and O–H groups in total. The molecule has 0 aromatic heterocycles. The van der Waals surface area contributed by atoms with Crippen LogP contribution in [0.2, 0.25) is 0 Å². The molecule has 0 saturated heterocycles. The molecule has 0 bridgehead atoms. The zero-order chi connectivity index (χ0) is 48.4. The summed E-state index contributed by atoms with van der Waals surface area (Å²) in [6.07, 6.45) is 52.5. The Labute approximate surface area is 409 Å². The van der Waals surface area contributed by atoms with Gasteiger partial charge in [0.2, 0.25) is 0 Å². The molecule has 0 rings (SSSR count). The molecule has 392 valence electrons. The molecule has 0 radical (unpaired) electrons. The maximum Gasteiger partial charge on any atom is 0.306 e. The van der Waals surface area contributed by atoms with Crippen molar-refractivity contribution in [1.29, 1.82) is 0 Å². The Hall–Kier alpha value is -1.71. The van der Waals surface area contributed by atoms with Gasteiger partial charge in [0, 0.05) is 12.8 Å². The maximum atomic E-state index is 12.7. The van der Waals surface area contributed by atoms with Gasteiger partial charge >= 0.3 is 11.9 Å². The first-order valence-electron chi connectivity index (χ1n) is 28.7. The minimum absolute atomic E-state index is 0.152. The van der Waals surface area contributed by atoms with E-state index >= 15 is 0 Å². The topological polar surface area (TPSA) is 111 Å². The third-order valence-corrected chi connectivity index (χ3v) is 13.1. The van der Waals surface area contributed by atoms with E-state index < -0.39 is 24.3 Å². The van der Waals surface area contributed by atoms with Gasteiger partial charge in [-0.3, -0.25) is 9.59 Å². The number of carbonyl (C=O) groups excluding carboxylic acids is 3. The molecule has 0 aliphatic carbocycles. The second kappa shape index (κ2) is 49.7. The summed E-state index contributed by atoms with van der Waals surface area (Å²) < 4.78 is 22.5. The van der Waals surface area contributed by atoms with Crippen LogP contribution < -0.4 is 5.11 Å². The van der Waals surface area contributed by atoms with E-state index in [0.717, 1.165) is 51.4 Å². The monoisotopic (exact) mass is 938 g/mol. The van der Waals surface area contributed by atoms with Crippen LogP contribution in [0.3, 0.4) is 0 Å². The molecule has 0 fully saturated rings. The smallest absolute Gasteiger partial charge is 0.306 e. The van der Waals surface area contributed by atoms with Crippen molar-refractivity contribution in [1.82, 2.24) is 0 Å². The van der Waals surface area contributed by atoms with Crippen molar-refractivity contribution in [3.8, 4) is 0 Å². The lowest BCUT2D eigenvalue weighted by atomic mass is 10.0. The van der Waals surface area contributed by atoms with Gasteiger partial charge in [0.05, 0.1) is 40.3 Å². The lowest BCUT2D eigenvalue weighted by Gasteiger charge is -2.26. The number of nitrogens with zero attached hydrogens (tertiary/aromatic N) is 1. The van der Waals surface area contributed by atoms with Crippen LogP contribution in [0.5, 0.6) is 0 Å². The Morgan fingerprint density at radius 2 is 0.682 bits per heavy atom. The summed E-state index contributed by atoms with van der Waals surface area (Å²) in [6.45, 7) is 4.69. The van der Waals surface area contributed by atoms with Gasteiger partial charge < -0.3 is 33.3 Å². The normalized spacial score (nSPS) is 12.7. The lowest BCUT2D eigenvalue weighted by Crippen LogP contribution is -2.44. The maximum absolute atomic E-state index is 12.7. The fourth-order valence-electron chi connectivity index (χ4n) is 8.66. The van der Waals surface area contributed by atoms with Crippen LogP contribution in [0.1, 0.15) is 290 Å². The van der Waals surface area contributed by atoms with Crippen molar-refractivity contribution >= 4 is 17.9 Å². The van der Waals surface area contributed by atoms with Gasteiger partial charge in [-0.15, -0.1) is 0 Å². The second-order valence-electron chi connectivity index (χ2n) is 21.0. The fraction of sp³-hybridized carbons (Fsp3) is 0.947. The number of rotatable bonds is 54. The number of esters is 2. The number of hydrogen-bond acceptors (Lipinski definition) is 8. The largest absolute Gasteiger partial charge is 0.545 e. The van der Waals surface area contributed by atoms with Gasteiger partial charge in [-0.25, -0.2) is 0 Å². The van der Waals surface area contributed by atoms with Gasteiger partial charge in [-0.05, 0) is 12.8 Å². The Bertz CT molecular complexity index is 1050. The molecular formula is C57H111NO8. The molecule has 66 heavy (non-hydrogen) atoms. The van der Waals surface area contributed by atoms with Crippen molar-refractivity contribution in [2.24, 2.45) is 0 Å². The number of carboxylic acids is 1. The quantitative estimate of drug-likeness (QED) is 0.0257. The summed E-state index contributed by atoms with van der Waals surface area (Å²) in [4.78, 5) is 36.7. The predicted octanol–water partition coefficient (Wildman–Crippen LogP) is 15.1. The van der Waals surface area contributed by atoms with Gasteiger partial charge in [0.1, 0.15) is 13.2 Å². The van der Waals surface area contributed by atoms with E-state index in [-0.39, 0.29) is 32.2 Å². The van der Waals surface area contributed by atoms with E-state index in [1.807, 2.05) is 21.1 Å². The van der Waals surface area contributed by atoms with E-state index in [1.165, 1.54) is 212 Å². The van der Waals surface area contributed by atoms with Crippen LogP contribution in [0.4, 0.5) is 0 Å². The van der Waals surface area contributed by atoms with E-state index in [2.05, 4.69) is 13.8 Å². The van der Waals surface area contributed by atoms with Crippen molar-refractivity contribution in [2.75, 3.05) is 47.5 Å². The zero-order valence-corrected chi connectivity index (χ0v) is 44.6. The zero-order valence-electron chi connectivity index (χ0n) is 44.6. The SMILES string of the molecule is CCCCCCCCCCCCCCCCCCCCCCCCCCCCCCCCCCCCCCC(=O)OC(COC(=O)CCCCCCC)COC(OCC[N+](C)(C)C)C(=O)[O-]. The number of unbranched alkanes of at least 4 members (excludes halogenated alkanes) is 39. The number of quaternary nitrogens is 1. The van der Waals surface area contributed by atoms with E-state index in [1.54, 1.807) is 0 Å². The Balaban J connectivity index is 3.76. The number of aliphatic carboxylic acids is 1. The molecule has 0 aromatic rings. The van der Waals surface area contributed by atoms with Crippen molar-refractivity contribution in [3.63, 3.8) is 0 Å². The highest BCUT2D eigenvalue weighted by Crippen LogP contribution is 2.18. The van der Waals surface area contributed by atoms with Gasteiger partial charge in [0.25, 0.3) is 0 Å². The first kappa shape index (κ1) is 64.3. The molecule has 0 amide bonds. The van der Waals surface area contributed by atoms with E-state index in [4.69, 9.17) is 18.9 Å². The van der Waals surface area contributed by atoms with Gasteiger partial charge in [0.15, 0.2) is 12.4 Å². The van der Waals surface area contributed by atoms with Crippen LogP contribution in [-0.4, -0.2) is 82.3 Å². The molecule has 0 heterocycles. The van der Waals surface area contributed by atoms with Crippen LogP contribution in [0.25, 0.3) is 0 Å². The Morgan fingerprint density at radius 1 is 0.394 bits per heavy atom. The Kier molecular flexibility index (Phi) is 48.4. The fourth-order valence-corrected chi connectivity index (χ4v) is 8.66. The lowest BCUT2D eigenvalue weighted by molar-refractivity contribution is -0.870. The summed E-state index contributed by atoms with van der Waals surface area (Å²) >= 11 is 0. The van der Waals surface area contributed by atoms with Crippen LogP contribution >= 0.6 is 0 Å². The van der Waals surface area contributed by atoms with Crippen molar-refractivity contribution < 1.29 is 42.9 Å². The third-order valence-electron chi connectivity index (χ3n) is 13.1. The van der Waals surface area contributed by atoms with Crippen molar-refractivity contribution in [2.45, 2.75) is 302 Å². The Morgan fingerprint density at radius 3 is 0.970 bits per heavy atom.